The average Bonchev–Trinajstić information content (AvgIpc) is 3.55. The number of rotatable bonds is 7. The highest BCUT2D eigenvalue weighted by Gasteiger charge is 2.38. The zero-order chi connectivity index (χ0) is 19.3. The van der Waals surface area contributed by atoms with Crippen molar-refractivity contribution in [1.82, 2.24) is 20.0 Å². The van der Waals surface area contributed by atoms with E-state index in [0.29, 0.717) is 23.1 Å². The van der Waals surface area contributed by atoms with Gasteiger partial charge in [-0.15, -0.1) is 10.2 Å². The molecule has 148 valence electrons. The minimum absolute atomic E-state index is 0.00293. The number of likely N-dealkylation sites (tertiary alicyclic amines) is 1. The van der Waals surface area contributed by atoms with Crippen LogP contribution in [0.4, 0.5) is 0 Å². The maximum Gasteiger partial charge on any atom is 0.261 e. The first-order valence-electron chi connectivity index (χ1n) is 9.88. The molecule has 0 radical (unpaired) electrons. The molecule has 1 aromatic heterocycles. The van der Waals surface area contributed by atoms with Crippen LogP contribution < -0.4 is 4.74 Å². The van der Waals surface area contributed by atoms with Crippen LogP contribution in [0, 0.1) is 0 Å². The largest absolute Gasteiger partial charge is 0.466 e. The lowest BCUT2D eigenvalue weighted by Crippen LogP contribution is -2.49. The summed E-state index contributed by atoms with van der Waals surface area (Å²) in [4.78, 5) is 17.4. The Morgan fingerprint density at radius 1 is 1.04 bits per heavy atom. The first-order valence-corrected chi connectivity index (χ1v) is 10.3. The van der Waals surface area contributed by atoms with Crippen LogP contribution in [0.15, 0.2) is 42.5 Å². The fourth-order valence-corrected chi connectivity index (χ4v) is 3.95. The van der Waals surface area contributed by atoms with E-state index in [4.69, 9.17) is 16.3 Å². The third-order valence-electron chi connectivity index (χ3n) is 5.38. The van der Waals surface area contributed by atoms with Crippen LogP contribution in [0.1, 0.15) is 31.2 Å². The summed E-state index contributed by atoms with van der Waals surface area (Å²) in [5.41, 5.74) is 1.34. The van der Waals surface area contributed by atoms with E-state index in [1.54, 1.807) is 12.1 Å². The number of nitrogens with zero attached hydrogens (tertiary/aromatic N) is 4. The summed E-state index contributed by atoms with van der Waals surface area (Å²) < 4.78 is 5.54. The number of halogens is 1. The van der Waals surface area contributed by atoms with E-state index < -0.39 is 0 Å². The summed E-state index contributed by atoms with van der Waals surface area (Å²) in [7, 11) is 0. The molecule has 2 fully saturated rings. The van der Waals surface area contributed by atoms with Gasteiger partial charge in [0.15, 0.2) is 11.8 Å². The Hall–Kier alpha value is -2.18. The Morgan fingerprint density at radius 2 is 1.75 bits per heavy atom. The predicted molar refractivity (Wildman–Crippen MR) is 107 cm³/mol. The lowest BCUT2D eigenvalue weighted by Gasteiger charge is -2.38. The van der Waals surface area contributed by atoms with Crippen LogP contribution in [0.3, 0.4) is 0 Å². The zero-order valence-corrected chi connectivity index (χ0v) is 16.6. The molecule has 7 heteroatoms. The standard InChI is InChI=1S/C21H25ClN4O2/c22-19-8-9-20(24-23-19)28-15-21(27)26(17-6-7-17)18-10-12-25(13-11-18)14-16-4-2-1-3-5-16/h1-5,8-9,17-18H,6-7,10-15H2. The van der Waals surface area contributed by atoms with Crippen LogP contribution in [-0.4, -0.2) is 57.7 Å². The van der Waals surface area contributed by atoms with E-state index in [1.165, 1.54) is 5.56 Å². The number of carbonyl (C=O) groups excluding carboxylic acids is 1. The number of piperidine rings is 1. The van der Waals surface area contributed by atoms with Crippen molar-refractivity contribution in [2.24, 2.45) is 0 Å². The second kappa shape index (κ2) is 8.88. The number of hydrogen-bond donors (Lipinski definition) is 0. The van der Waals surface area contributed by atoms with E-state index in [2.05, 4.69) is 44.3 Å². The second-order valence-electron chi connectivity index (χ2n) is 7.51. The van der Waals surface area contributed by atoms with Crippen LogP contribution in [0.25, 0.3) is 0 Å². The molecular formula is C21H25ClN4O2. The van der Waals surface area contributed by atoms with Crippen LogP contribution in [0.2, 0.25) is 5.15 Å². The Morgan fingerprint density at radius 3 is 2.39 bits per heavy atom. The molecule has 1 aliphatic carbocycles. The molecule has 2 aromatic rings. The maximum absolute atomic E-state index is 12.8. The average molecular weight is 401 g/mol. The summed E-state index contributed by atoms with van der Waals surface area (Å²) in [5, 5.41) is 7.90. The minimum Gasteiger partial charge on any atom is -0.466 e. The number of carbonyl (C=O) groups is 1. The molecule has 28 heavy (non-hydrogen) atoms. The van der Waals surface area contributed by atoms with Gasteiger partial charge in [-0.1, -0.05) is 41.9 Å². The van der Waals surface area contributed by atoms with Gasteiger partial charge in [-0.3, -0.25) is 9.69 Å². The molecule has 4 rings (SSSR count). The van der Waals surface area contributed by atoms with E-state index in [9.17, 15) is 4.79 Å². The molecule has 0 bridgehead atoms. The van der Waals surface area contributed by atoms with Gasteiger partial charge >= 0.3 is 0 Å². The Kier molecular flexibility index (Phi) is 6.07. The molecule has 1 saturated carbocycles. The van der Waals surface area contributed by atoms with E-state index in [-0.39, 0.29) is 12.5 Å². The number of aromatic nitrogens is 2. The third-order valence-corrected chi connectivity index (χ3v) is 5.58. The quantitative estimate of drug-likeness (QED) is 0.714. The van der Waals surface area contributed by atoms with Gasteiger partial charge in [-0.25, -0.2) is 0 Å². The first-order chi connectivity index (χ1) is 13.7. The van der Waals surface area contributed by atoms with Crippen molar-refractivity contribution < 1.29 is 9.53 Å². The van der Waals surface area contributed by atoms with Crippen molar-refractivity contribution in [3.05, 3.63) is 53.2 Å². The number of hydrogen-bond acceptors (Lipinski definition) is 5. The summed E-state index contributed by atoms with van der Waals surface area (Å²) >= 11 is 5.73. The Labute approximate surface area is 170 Å². The normalized spacial score (nSPS) is 18.0. The predicted octanol–water partition coefficient (Wildman–Crippen LogP) is 3.16. The van der Waals surface area contributed by atoms with Gasteiger partial charge in [0.25, 0.3) is 5.91 Å². The molecule has 0 unspecified atom stereocenters. The minimum atomic E-state index is -0.00293. The summed E-state index contributed by atoms with van der Waals surface area (Å²) in [6.45, 7) is 3.00. The summed E-state index contributed by atoms with van der Waals surface area (Å²) in [6, 6.07) is 14.5. The highest BCUT2D eigenvalue weighted by molar-refractivity contribution is 6.29. The number of benzene rings is 1. The number of amides is 1. The molecule has 0 atom stereocenters. The molecule has 1 amide bonds. The highest BCUT2D eigenvalue weighted by Crippen LogP contribution is 2.32. The van der Waals surface area contributed by atoms with Crippen LogP contribution >= 0.6 is 11.6 Å². The van der Waals surface area contributed by atoms with Crippen molar-refractivity contribution in [2.45, 2.75) is 44.3 Å². The van der Waals surface area contributed by atoms with Crippen LogP contribution in [-0.2, 0) is 11.3 Å². The van der Waals surface area contributed by atoms with Crippen LogP contribution in [0.5, 0.6) is 5.88 Å². The summed E-state index contributed by atoms with van der Waals surface area (Å²) in [6.07, 6.45) is 4.21. The van der Waals surface area contributed by atoms with E-state index in [0.717, 1.165) is 45.3 Å². The molecule has 0 N–H and O–H groups in total. The van der Waals surface area contributed by atoms with Gasteiger partial charge in [-0.05, 0) is 37.3 Å². The molecule has 1 saturated heterocycles. The lowest BCUT2D eigenvalue weighted by atomic mass is 10.0. The van der Waals surface area contributed by atoms with Crippen molar-refractivity contribution in [3.63, 3.8) is 0 Å². The molecule has 2 aliphatic rings. The Bertz CT molecular complexity index is 775. The lowest BCUT2D eigenvalue weighted by molar-refractivity contribution is -0.137. The van der Waals surface area contributed by atoms with Crippen molar-refractivity contribution in [2.75, 3.05) is 19.7 Å². The zero-order valence-electron chi connectivity index (χ0n) is 15.8. The monoisotopic (exact) mass is 400 g/mol. The molecule has 1 aromatic carbocycles. The highest BCUT2D eigenvalue weighted by atomic mass is 35.5. The van der Waals surface area contributed by atoms with Gasteiger partial charge in [0.2, 0.25) is 5.88 Å². The first kappa shape index (κ1) is 19.2. The molecule has 2 heterocycles. The van der Waals surface area contributed by atoms with Crippen molar-refractivity contribution in [1.29, 1.82) is 0 Å². The molecule has 6 nitrogen and oxygen atoms in total. The Balaban J connectivity index is 1.30. The smallest absolute Gasteiger partial charge is 0.261 e. The molecule has 1 aliphatic heterocycles. The fraction of sp³-hybridized carbons (Fsp3) is 0.476. The van der Waals surface area contributed by atoms with Crippen molar-refractivity contribution >= 4 is 17.5 Å². The van der Waals surface area contributed by atoms with Gasteiger partial charge in [-0.2, -0.15) is 0 Å². The number of ether oxygens (including phenoxy) is 1. The van der Waals surface area contributed by atoms with Gasteiger partial charge in [0, 0.05) is 37.8 Å². The third kappa shape index (κ3) is 5.00. The van der Waals surface area contributed by atoms with Gasteiger partial charge in [0.05, 0.1) is 0 Å². The van der Waals surface area contributed by atoms with E-state index >= 15 is 0 Å². The molecule has 0 spiro atoms. The van der Waals surface area contributed by atoms with Gasteiger partial charge in [0.1, 0.15) is 0 Å². The van der Waals surface area contributed by atoms with Gasteiger partial charge < -0.3 is 9.64 Å². The summed E-state index contributed by atoms with van der Waals surface area (Å²) in [5.74, 6) is 0.368. The van der Waals surface area contributed by atoms with Crippen molar-refractivity contribution in [3.8, 4) is 5.88 Å². The fourth-order valence-electron chi connectivity index (χ4n) is 3.85. The SMILES string of the molecule is O=C(COc1ccc(Cl)nn1)N(C1CC1)C1CCN(Cc2ccccc2)CC1. The molecular weight excluding hydrogens is 376 g/mol. The maximum atomic E-state index is 12.8. The second-order valence-corrected chi connectivity index (χ2v) is 7.90. The van der Waals surface area contributed by atoms with E-state index in [1.807, 2.05) is 6.07 Å². The topological polar surface area (TPSA) is 58.6 Å².